The molecule has 1 unspecified atom stereocenters. The maximum absolute atomic E-state index is 11.8. The molecule has 4 nitrogen and oxygen atoms in total. The predicted molar refractivity (Wildman–Crippen MR) is 78.9 cm³/mol. The van der Waals surface area contributed by atoms with Gasteiger partial charge in [0.25, 0.3) is 0 Å². The van der Waals surface area contributed by atoms with Crippen LogP contribution in [0.3, 0.4) is 0 Å². The highest BCUT2D eigenvalue weighted by Crippen LogP contribution is 2.22. The number of nitrogens with zero attached hydrogens (tertiary/aromatic N) is 1. The van der Waals surface area contributed by atoms with E-state index in [9.17, 15) is 4.79 Å². The lowest BCUT2D eigenvalue weighted by Gasteiger charge is -2.16. The van der Waals surface area contributed by atoms with Crippen LogP contribution in [-0.4, -0.2) is 11.0 Å². The Hall–Kier alpha value is -1.88. The van der Waals surface area contributed by atoms with E-state index < -0.39 is 0 Å². The average molecular weight is 320 g/mol. The third-order valence-electron chi connectivity index (χ3n) is 2.64. The van der Waals surface area contributed by atoms with Crippen molar-refractivity contribution in [2.75, 3.05) is 5.32 Å². The highest BCUT2D eigenvalue weighted by atomic mass is 79.9. The number of urea groups is 1. The zero-order valence-corrected chi connectivity index (χ0v) is 12.0. The summed E-state index contributed by atoms with van der Waals surface area (Å²) in [7, 11) is 0. The summed E-state index contributed by atoms with van der Waals surface area (Å²) in [5, 5.41) is 5.61. The van der Waals surface area contributed by atoms with E-state index in [1.54, 1.807) is 24.5 Å². The molecule has 0 fully saturated rings. The summed E-state index contributed by atoms with van der Waals surface area (Å²) in [5.41, 5.74) is 1.70. The molecule has 2 amide bonds. The minimum absolute atomic E-state index is 0.0905. The second-order valence-electron chi connectivity index (χ2n) is 4.08. The average Bonchev–Trinajstić information content (AvgIpc) is 2.40. The summed E-state index contributed by atoms with van der Waals surface area (Å²) in [6.45, 7) is 1.93. The van der Waals surface area contributed by atoms with Crippen molar-refractivity contribution in [2.24, 2.45) is 0 Å². The molecule has 0 aliphatic carbocycles. The molecule has 0 bridgehead atoms. The molecule has 2 rings (SSSR count). The normalized spacial score (nSPS) is 11.7. The molecule has 2 N–H and O–H groups in total. The third kappa shape index (κ3) is 3.79. The van der Waals surface area contributed by atoms with E-state index in [0.717, 1.165) is 10.0 Å². The van der Waals surface area contributed by atoms with Gasteiger partial charge in [-0.2, -0.15) is 0 Å². The molecular weight excluding hydrogens is 306 g/mol. The Bertz CT molecular complexity index is 560. The van der Waals surface area contributed by atoms with Gasteiger partial charge in [-0.1, -0.05) is 34.1 Å². The van der Waals surface area contributed by atoms with Crippen molar-refractivity contribution in [1.29, 1.82) is 0 Å². The van der Waals surface area contributed by atoms with E-state index in [4.69, 9.17) is 0 Å². The number of pyridine rings is 1. The summed E-state index contributed by atoms with van der Waals surface area (Å²) in [6.07, 6.45) is 3.26. The van der Waals surface area contributed by atoms with Crippen molar-refractivity contribution in [2.45, 2.75) is 13.0 Å². The number of rotatable bonds is 3. The van der Waals surface area contributed by atoms with Gasteiger partial charge in [-0.05, 0) is 30.7 Å². The molecule has 0 radical (unpaired) electrons. The topological polar surface area (TPSA) is 54.0 Å². The number of aromatic nitrogens is 1. The van der Waals surface area contributed by atoms with Gasteiger partial charge in [-0.25, -0.2) is 4.79 Å². The Balaban J connectivity index is 1.98. The van der Waals surface area contributed by atoms with Crippen LogP contribution in [0.4, 0.5) is 10.5 Å². The first-order chi connectivity index (χ1) is 9.16. The number of nitrogens with one attached hydrogen (secondary N) is 2. The van der Waals surface area contributed by atoms with Crippen LogP contribution in [0.2, 0.25) is 0 Å². The summed E-state index contributed by atoms with van der Waals surface area (Å²) in [6, 6.07) is 11.0. The zero-order valence-electron chi connectivity index (χ0n) is 10.4. The van der Waals surface area contributed by atoms with Crippen molar-refractivity contribution in [3.63, 3.8) is 0 Å². The van der Waals surface area contributed by atoms with E-state index in [1.165, 1.54) is 0 Å². The Labute approximate surface area is 120 Å². The number of hydrogen-bond donors (Lipinski definition) is 2. The summed E-state index contributed by atoms with van der Waals surface area (Å²) < 4.78 is 0.976. The van der Waals surface area contributed by atoms with Crippen LogP contribution in [0, 0.1) is 0 Å². The van der Waals surface area contributed by atoms with Crippen LogP contribution >= 0.6 is 15.9 Å². The third-order valence-corrected chi connectivity index (χ3v) is 3.36. The van der Waals surface area contributed by atoms with Crippen LogP contribution in [0.1, 0.15) is 18.5 Å². The molecule has 0 saturated heterocycles. The first-order valence-corrected chi connectivity index (χ1v) is 6.68. The molecule has 98 valence electrons. The van der Waals surface area contributed by atoms with Crippen molar-refractivity contribution in [3.05, 3.63) is 58.8 Å². The summed E-state index contributed by atoms with van der Waals surface area (Å²) in [5.74, 6) is 0. The van der Waals surface area contributed by atoms with Gasteiger partial charge in [-0.15, -0.1) is 0 Å². The lowest BCUT2D eigenvalue weighted by molar-refractivity contribution is 0.249. The van der Waals surface area contributed by atoms with Crippen LogP contribution in [0.25, 0.3) is 0 Å². The molecular formula is C14H14BrN3O. The number of benzene rings is 1. The standard InChI is InChI=1S/C14H14BrN3O/c1-10(12-6-2-3-7-13(12)15)17-14(19)18-11-5-4-8-16-9-11/h2-10H,1H3,(H2,17,18,19). The van der Waals surface area contributed by atoms with E-state index in [-0.39, 0.29) is 12.1 Å². The highest BCUT2D eigenvalue weighted by Gasteiger charge is 2.11. The maximum Gasteiger partial charge on any atom is 0.319 e. The molecule has 19 heavy (non-hydrogen) atoms. The summed E-state index contributed by atoms with van der Waals surface area (Å²) in [4.78, 5) is 15.8. The molecule has 1 aromatic heterocycles. The quantitative estimate of drug-likeness (QED) is 0.905. The number of hydrogen-bond acceptors (Lipinski definition) is 2. The molecule has 2 aromatic rings. The minimum atomic E-state index is -0.253. The van der Waals surface area contributed by atoms with Crippen molar-refractivity contribution in [3.8, 4) is 0 Å². The fourth-order valence-corrected chi connectivity index (χ4v) is 2.33. The maximum atomic E-state index is 11.8. The lowest BCUT2D eigenvalue weighted by atomic mass is 10.1. The Morgan fingerprint density at radius 1 is 1.26 bits per heavy atom. The molecule has 0 aliphatic rings. The number of carbonyl (C=O) groups excluding carboxylic acids is 1. The van der Waals surface area contributed by atoms with Gasteiger partial charge in [0.2, 0.25) is 0 Å². The van der Waals surface area contributed by atoms with Crippen molar-refractivity contribution >= 4 is 27.6 Å². The first kappa shape index (κ1) is 13.5. The Morgan fingerprint density at radius 2 is 2.05 bits per heavy atom. The first-order valence-electron chi connectivity index (χ1n) is 5.89. The molecule has 1 aromatic carbocycles. The van der Waals surface area contributed by atoms with Crippen LogP contribution < -0.4 is 10.6 Å². The summed E-state index contributed by atoms with van der Waals surface area (Å²) >= 11 is 3.47. The predicted octanol–water partition coefficient (Wildman–Crippen LogP) is 3.73. The second kappa shape index (κ2) is 6.33. The number of amides is 2. The molecule has 1 atom stereocenters. The largest absolute Gasteiger partial charge is 0.331 e. The van der Waals surface area contributed by atoms with Crippen molar-refractivity contribution < 1.29 is 4.79 Å². The highest BCUT2D eigenvalue weighted by molar-refractivity contribution is 9.10. The second-order valence-corrected chi connectivity index (χ2v) is 4.94. The van der Waals surface area contributed by atoms with E-state index in [0.29, 0.717) is 5.69 Å². The van der Waals surface area contributed by atoms with Gasteiger partial charge >= 0.3 is 6.03 Å². The van der Waals surface area contributed by atoms with Crippen LogP contribution in [0.5, 0.6) is 0 Å². The van der Waals surface area contributed by atoms with E-state index in [1.807, 2.05) is 31.2 Å². The zero-order chi connectivity index (χ0) is 13.7. The van der Waals surface area contributed by atoms with Gasteiger partial charge in [0.1, 0.15) is 0 Å². The Morgan fingerprint density at radius 3 is 2.74 bits per heavy atom. The number of anilines is 1. The van der Waals surface area contributed by atoms with Gasteiger partial charge in [-0.3, -0.25) is 4.98 Å². The molecule has 5 heteroatoms. The van der Waals surface area contributed by atoms with Gasteiger partial charge in [0.15, 0.2) is 0 Å². The minimum Gasteiger partial charge on any atom is -0.331 e. The smallest absolute Gasteiger partial charge is 0.319 e. The van der Waals surface area contributed by atoms with E-state index >= 15 is 0 Å². The van der Waals surface area contributed by atoms with Crippen LogP contribution in [0.15, 0.2) is 53.3 Å². The van der Waals surface area contributed by atoms with E-state index in [2.05, 4.69) is 31.5 Å². The fourth-order valence-electron chi connectivity index (χ4n) is 1.70. The monoisotopic (exact) mass is 319 g/mol. The molecule has 0 saturated carbocycles. The number of halogens is 1. The SMILES string of the molecule is CC(NC(=O)Nc1cccnc1)c1ccccc1Br. The van der Waals surface area contributed by atoms with Gasteiger partial charge in [0.05, 0.1) is 17.9 Å². The number of carbonyl (C=O) groups is 1. The lowest BCUT2D eigenvalue weighted by Crippen LogP contribution is -2.31. The Kier molecular flexibility index (Phi) is 4.52. The molecule has 0 spiro atoms. The van der Waals surface area contributed by atoms with Crippen molar-refractivity contribution in [1.82, 2.24) is 10.3 Å². The molecule has 1 heterocycles. The molecule has 0 aliphatic heterocycles. The van der Waals surface area contributed by atoms with Crippen LogP contribution in [-0.2, 0) is 0 Å². The van der Waals surface area contributed by atoms with Gasteiger partial charge in [0, 0.05) is 10.7 Å². The fraction of sp³-hybridized carbons (Fsp3) is 0.143. The van der Waals surface area contributed by atoms with Gasteiger partial charge < -0.3 is 10.6 Å².